The molecule has 2 rings (SSSR count). The summed E-state index contributed by atoms with van der Waals surface area (Å²) in [7, 11) is 0. The highest BCUT2D eigenvalue weighted by Gasteiger charge is 2.16. The predicted octanol–water partition coefficient (Wildman–Crippen LogP) is 1.76. The van der Waals surface area contributed by atoms with E-state index in [9.17, 15) is 4.79 Å². The Hall–Kier alpha value is -1.95. The summed E-state index contributed by atoms with van der Waals surface area (Å²) in [4.78, 5) is 11.9. The number of ether oxygens (including phenoxy) is 1. The van der Waals surface area contributed by atoms with Gasteiger partial charge >= 0.3 is 0 Å². The van der Waals surface area contributed by atoms with Gasteiger partial charge < -0.3 is 10.1 Å². The number of terminal acetylenes is 1. The Bertz CT molecular complexity index is 474. The molecule has 1 aromatic carbocycles. The fourth-order valence-electron chi connectivity index (χ4n) is 1.83. The molecule has 88 valence electrons. The molecule has 1 heterocycles. The van der Waals surface area contributed by atoms with Gasteiger partial charge in [0.1, 0.15) is 5.75 Å². The van der Waals surface area contributed by atoms with Crippen LogP contribution in [0.4, 0.5) is 0 Å². The van der Waals surface area contributed by atoms with Crippen molar-refractivity contribution in [2.45, 2.75) is 25.8 Å². The van der Waals surface area contributed by atoms with Gasteiger partial charge in [-0.05, 0) is 30.2 Å². The lowest BCUT2D eigenvalue weighted by molar-refractivity contribution is 0.0945. The predicted molar refractivity (Wildman–Crippen MR) is 66.0 cm³/mol. The first kappa shape index (κ1) is 11.5. The largest absolute Gasteiger partial charge is 0.493 e. The van der Waals surface area contributed by atoms with Crippen LogP contribution < -0.4 is 10.1 Å². The van der Waals surface area contributed by atoms with Gasteiger partial charge in [-0.2, -0.15) is 0 Å². The van der Waals surface area contributed by atoms with Gasteiger partial charge in [-0.15, -0.1) is 6.42 Å². The van der Waals surface area contributed by atoms with Crippen LogP contribution in [0, 0.1) is 12.3 Å². The summed E-state index contributed by atoms with van der Waals surface area (Å²) in [5.41, 5.74) is 1.73. The van der Waals surface area contributed by atoms with E-state index < -0.39 is 0 Å². The van der Waals surface area contributed by atoms with Crippen LogP contribution in [0.3, 0.4) is 0 Å². The van der Waals surface area contributed by atoms with Crippen LogP contribution in [-0.4, -0.2) is 18.6 Å². The van der Waals surface area contributed by atoms with E-state index >= 15 is 0 Å². The Morgan fingerprint density at radius 1 is 1.65 bits per heavy atom. The van der Waals surface area contributed by atoms with Crippen molar-refractivity contribution >= 4 is 5.91 Å². The summed E-state index contributed by atoms with van der Waals surface area (Å²) >= 11 is 0. The van der Waals surface area contributed by atoms with Crippen LogP contribution in [0.15, 0.2) is 18.2 Å². The molecule has 3 nitrogen and oxygen atoms in total. The Morgan fingerprint density at radius 3 is 3.18 bits per heavy atom. The van der Waals surface area contributed by atoms with Gasteiger partial charge in [0.25, 0.3) is 5.91 Å². The van der Waals surface area contributed by atoms with Crippen molar-refractivity contribution in [3.8, 4) is 18.1 Å². The monoisotopic (exact) mass is 229 g/mol. The molecule has 1 atom stereocenters. The molecule has 3 heteroatoms. The molecule has 1 aliphatic heterocycles. The number of nitrogens with one attached hydrogen (secondary N) is 1. The van der Waals surface area contributed by atoms with Gasteiger partial charge in [-0.25, -0.2) is 0 Å². The van der Waals surface area contributed by atoms with Gasteiger partial charge in [-0.3, -0.25) is 4.79 Å². The zero-order valence-corrected chi connectivity index (χ0v) is 9.82. The minimum absolute atomic E-state index is 0.121. The number of fused-ring (bicyclic) bond motifs is 1. The lowest BCUT2D eigenvalue weighted by atomic mass is 10.1. The van der Waals surface area contributed by atoms with Crippen molar-refractivity contribution in [2.75, 3.05) is 6.61 Å². The number of benzene rings is 1. The minimum atomic E-state index is -0.202. The van der Waals surface area contributed by atoms with E-state index in [4.69, 9.17) is 11.2 Å². The van der Waals surface area contributed by atoms with Crippen molar-refractivity contribution in [1.82, 2.24) is 5.32 Å². The molecule has 1 unspecified atom stereocenters. The molecule has 0 radical (unpaired) electrons. The molecule has 1 amide bonds. The van der Waals surface area contributed by atoms with Crippen molar-refractivity contribution in [3.63, 3.8) is 0 Å². The highest BCUT2D eigenvalue weighted by Crippen LogP contribution is 2.25. The molecule has 1 N–H and O–H groups in total. The van der Waals surface area contributed by atoms with Crippen LogP contribution >= 0.6 is 0 Å². The Balaban J connectivity index is 2.12. The summed E-state index contributed by atoms with van der Waals surface area (Å²) in [6.07, 6.45) is 6.91. The maximum atomic E-state index is 11.9. The molecule has 0 bridgehead atoms. The third-order valence-corrected chi connectivity index (χ3v) is 2.87. The lowest BCUT2D eigenvalue weighted by Gasteiger charge is -2.11. The topological polar surface area (TPSA) is 38.3 Å². The first-order valence-corrected chi connectivity index (χ1v) is 5.77. The number of hydrogen-bond acceptors (Lipinski definition) is 2. The number of carbonyl (C=O) groups excluding carboxylic acids is 1. The molecule has 0 saturated heterocycles. The number of amides is 1. The first-order chi connectivity index (χ1) is 8.24. The average Bonchev–Trinajstić information content (AvgIpc) is 2.82. The molecule has 0 saturated carbocycles. The summed E-state index contributed by atoms with van der Waals surface area (Å²) in [6.45, 7) is 2.64. The Morgan fingerprint density at radius 2 is 2.47 bits per heavy atom. The molecule has 0 fully saturated rings. The molecule has 17 heavy (non-hydrogen) atoms. The fourth-order valence-corrected chi connectivity index (χ4v) is 1.83. The number of hydrogen-bond donors (Lipinski definition) is 1. The van der Waals surface area contributed by atoms with E-state index in [1.54, 1.807) is 6.07 Å². The second-order valence-electron chi connectivity index (χ2n) is 4.02. The Labute approximate surface area is 101 Å². The van der Waals surface area contributed by atoms with Crippen LogP contribution in [0.25, 0.3) is 0 Å². The van der Waals surface area contributed by atoms with Crippen LogP contribution in [-0.2, 0) is 6.42 Å². The lowest BCUT2D eigenvalue weighted by Crippen LogP contribution is -2.33. The maximum Gasteiger partial charge on any atom is 0.252 e. The molecular formula is C14H15NO2. The van der Waals surface area contributed by atoms with E-state index in [1.165, 1.54) is 0 Å². The highest BCUT2D eigenvalue weighted by atomic mass is 16.5. The van der Waals surface area contributed by atoms with Crippen LogP contribution in [0.1, 0.15) is 29.3 Å². The average molecular weight is 229 g/mol. The second-order valence-corrected chi connectivity index (χ2v) is 4.02. The summed E-state index contributed by atoms with van der Waals surface area (Å²) in [5.74, 6) is 3.31. The highest BCUT2D eigenvalue weighted by molar-refractivity contribution is 5.95. The van der Waals surface area contributed by atoms with E-state index in [0.29, 0.717) is 12.2 Å². The first-order valence-electron chi connectivity index (χ1n) is 5.77. The maximum absolute atomic E-state index is 11.9. The molecule has 0 spiro atoms. The van der Waals surface area contributed by atoms with Gasteiger partial charge in [0.2, 0.25) is 0 Å². The van der Waals surface area contributed by atoms with Crippen molar-refractivity contribution in [3.05, 3.63) is 29.3 Å². The van der Waals surface area contributed by atoms with Gasteiger partial charge in [-0.1, -0.05) is 12.8 Å². The standard InChI is InChI=1S/C14H15NO2/c1-3-12(4-2)15-14(16)11-5-6-13-10(9-11)7-8-17-13/h1,5-6,9,12H,4,7-8H2,2H3,(H,15,16). The molecule has 1 aromatic rings. The van der Waals surface area contributed by atoms with Crippen molar-refractivity contribution < 1.29 is 9.53 Å². The minimum Gasteiger partial charge on any atom is -0.493 e. The summed E-state index contributed by atoms with van der Waals surface area (Å²) < 4.78 is 5.39. The van der Waals surface area contributed by atoms with E-state index in [0.717, 1.165) is 24.2 Å². The van der Waals surface area contributed by atoms with Crippen molar-refractivity contribution in [2.24, 2.45) is 0 Å². The summed E-state index contributed by atoms with van der Waals surface area (Å²) in [6, 6.07) is 5.28. The third kappa shape index (κ3) is 2.42. The smallest absolute Gasteiger partial charge is 0.252 e. The van der Waals surface area contributed by atoms with Crippen molar-refractivity contribution in [1.29, 1.82) is 0 Å². The second kappa shape index (κ2) is 4.92. The SMILES string of the molecule is C#CC(CC)NC(=O)c1ccc2c(c1)CCO2. The molecule has 0 aromatic heterocycles. The van der Waals surface area contributed by atoms with Crippen LogP contribution in [0.5, 0.6) is 5.75 Å². The third-order valence-electron chi connectivity index (χ3n) is 2.87. The summed E-state index contributed by atoms with van der Waals surface area (Å²) in [5, 5.41) is 2.81. The van der Waals surface area contributed by atoms with E-state index in [-0.39, 0.29) is 11.9 Å². The van der Waals surface area contributed by atoms with Crippen LogP contribution in [0.2, 0.25) is 0 Å². The molecular weight excluding hydrogens is 214 g/mol. The zero-order valence-electron chi connectivity index (χ0n) is 9.82. The zero-order chi connectivity index (χ0) is 12.3. The van der Waals surface area contributed by atoms with Gasteiger partial charge in [0.15, 0.2) is 0 Å². The molecule has 0 aliphatic carbocycles. The van der Waals surface area contributed by atoms with Gasteiger partial charge in [0, 0.05) is 12.0 Å². The Kier molecular flexibility index (Phi) is 3.34. The van der Waals surface area contributed by atoms with E-state index in [2.05, 4.69) is 11.2 Å². The number of rotatable bonds is 3. The normalized spacial score (nSPS) is 14.4. The number of carbonyl (C=O) groups is 1. The quantitative estimate of drug-likeness (QED) is 0.802. The van der Waals surface area contributed by atoms with E-state index in [1.807, 2.05) is 19.1 Å². The van der Waals surface area contributed by atoms with Gasteiger partial charge in [0.05, 0.1) is 12.6 Å². The fraction of sp³-hybridized carbons (Fsp3) is 0.357. The molecule has 1 aliphatic rings.